The number of ether oxygens (including phenoxy) is 2. The van der Waals surface area contributed by atoms with Crippen LogP contribution in [0.15, 0.2) is 48.5 Å². The first-order valence-electron chi connectivity index (χ1n) is 11.4. The van der Waals surface area contributed by atoms with Gasteiger partial charge in [-0.1, -0.05) is 23.7 Å². The normalized spacial score (nSPS) is 19.1. The van der Waals surface area contributed by atoms with E-state index in [4.69, 9.17) is 21.1 Å². The molecule has 8 nitrogen and oxygen atoms in total. The number of piperidine rings is 1. The van der Waals surface area contributed by atoms with E-state index in [1.807, 2.05) is 0 Å². The van der Waals surface area contributed by atoms with Crippen LogP contribution in [0.4, 0.5) is 4.39 Å². The van der Waals surface area contributed by atoms with Crippen molar-refractivity contribution in [2.24, 2.45) is 0 Å². The van der Waals surface area contributed by atoms with Gasteiger partial charge in [-0.05, 0) is 36.4 Å². The highest BCUT2D eigenvalue weighted by Crippen LogP contribution is 2.39. The second-order valence-electron chi connectivity index (χ2n) is 8.54. The molecule has 1 N–H and O–H groups in total. The second kappa shape index (κ2) is 10.7. The molecule has 2 saturated heterocycles. The Kier molecular flexibility index (Phi) is 7.69. The van der Waals surface area contributed by atoms with Gasteiger partial charge in [0.2, 0.25) is 5.91 Å². The van der Waals surface area contributed by atoms with E-state index < -0.39 is 23.5 Å². The number of rotatable bonds is 6. The number of nitrogens with zero attached hydrogens (tertiary/aromatic N) is 2. The Morgan fingerprint density at radius 1 is 1.11 bits per heavy atom. The van der Waals surface area contributed by atoms with Crippen molar-refractivity contribution >= 4 is 29.3 Å². The minimum Gasteiger partial charge on any atom is -0.383 e. The Morgan fingerprint density at radius 3 is 2.46 bits per heavy atom. The van der Waals surface area contributed by atoms with E-state index in [2.05, 4.69) is 5.32 Å². The number of nitrogens with one attached hydrogen (secondary N) is 1. The van der Waals surface area contributed by atoms with Gasteiger partial charge in [0.05, 0.1) is 13.2 Å². The van der Waals surface area contributed by atoms with Crippen LogP contribution in [0.2, 0.25) is 5.02 Å². The van der Waals surface area contributed by atoms with Crippen LogP contribution in [0.1, 0.15) is 33.6 Å². The third-order valence-corrected chi connectivity index (χ3v) is 6.60. The van der Waals surface area contributed by atoms with Crippen LogP contribution in [-0.2, 0) is 14.3 Å². The van der Waals surface area contributed by atoms with Crippen molar-refractivity contribution in [1.29, 1.82) is 0 Å². The van der Waals surface area contributed by atoms with Crippen LogP contribution < -0.4 is 5.32 Å². The molecule has 2 heterocycles. The summed E-state index contributed by atoms with van der Waals surface area (Å²) in [5.41, 5.74) is -0.483. The van der Waals surface area contributed by atoms with Crippen molar-refractivity contribution in [3.8, 4) is 0 Å². The minimum absolute atomic E-state index is 0.00209. The molecule has 35 heavy (non-hydrogen) atoms. The molecular formula is C25H27ClFN3O5. The van der Waals surface area contributed by atoms with Gasteiger partial charge in [0.15, 0.2) is 0 Å². The lowest BCUT2D eigenvalue weighted by Gasteiger charge is -2.44. The van der Waals surface area contributed by atoms with Crippen LogP contribution in [0.25, 0.3) is 0 Å². The molecule has 2 aromatic carbocycles. The number of amides is 3. The lowest BCUT2D eigenvalue weighted by Crippen LogP contribution is -2.60. The van der Waals surface area contributed by atoms with E-state index in [0.29, 0.717) is 43.1 Å². The highest BCUT2D eigenvalue weighted by atomic mass is 35.5. The van der Waals surface area contributed by atoms with E-state index in [0.717, 1.165) is 6.07 Å². The van der Waals surface area contributed by atoms with Gasteiger partial charge in [-0.3, -0.25) is 19.3 Å². The van der Waals surface area contributed by atoms with Crippen molar-refractivity contribution in [3.05, 3.63) is 70.5 Å². The second-order valence-corrected chi connectivity index (χ2v) is 8.98. The van der Waals surface area contributed by atoms with Crippen molar-refractivity contribution in [2.45, 2.75) is 24.6 Å². The van der Waals surface area contributed by atoms with Crippen LogP contribution in [-0.4, -0.2) is 79.2 Å². The molecule has 3 amide bonds. The molecule has 0 saturated carbocycles. The number of hydrogen-bond acceptors (Lipinski definition) is 5. The average Bonchev–Trinajstić information content (AvgIpc) is 3.22. The molecule has 1 atom stereocenters. The lowest BCUT2D eigenvalue weighted by molar-refractivity contribution is -0.128. The Bertz CT molecular complexity index is 1110. The molecule has 186 valence electrons. The number of carbonyl (C=O) groups is 3. The molecule has 2 aliphatic heterocycles. The van der Waals surface area contributed by atoms with Crippen LogP contribution >= 0.6 is 11.6 Å². The van der Waals surface area contributed by atoms with E-state index >= 15 is 0 Å². The molecule has 0 aliphatic carbocycles. The predicted octanol–water partition coefficient (Wildman–Crippen LogP) is 2.72. The summed E-state index contributed by atoms with van der Waals surface area (Å²) in [6, 6.07) is 11.2. The Hall–Kier alpha value is -3.01. The quantitative estimate of drug-likeness (QED) is 0.612. The molecule has 10 heteroatoms. The lowest BCUT2D eigenvalue weighted by atomic mass is 9.96. The van der Waals surface area contributed by atoms with E-state index in [-0.39, 0.29) is 30.5 Å². The van der Waals surface area contributed by atoms with Crippen molar-refractivity contribution in [2.75, 3.05) is 40.0 Å². The number of benzene rings is 2. The highest BCUT2D eigenvalue weighted by Gasteiger charge is 2.54. The summed E-state index contributed by atoms with van der Waals surface area (Å²) in [6.45, 7) is 1.24. The zero-order valence-electron chi connectivity index (χ0n) is 19.3. The fourth-order valence-corrected chi connectivity index (χ4v) is 4.78. The molecule has 0 radical (unpaired) electrons. The zero-order valence-corrected chi connectivity index (χ0v) is 20.1. The molecule has 2 fully saturated rings. The minimum atomic E-state index is -1.09. The summed E-state index contributed by atoms with van der Waals surface area (Å²) in [4.78, 5) is 42.6. The number of carbonyl (C=O) groups excluding carboxylic acids is 3. The van der Waals surface area contributed by atoms with E-state index in [1.165, 1.54) is 30.2 Å². The summed E-state index contributed by atoms with van der Waals surface area (Å²) in [5.74, 6) is -1.59. The van der Waals surface area contributed by atoms with Gasteiger partial charge in [-0.25, -0.2) is 4.39 Å². The SMILES string of the molecule is COCCNC(=O)C1COC2(CCN(C(=O)c3cccc(Cl)c3)CC2)N1C(=O)c1cccc(F)c1. The largest absolute Gasteiger partial charge is 0.383 e. The zero-order chi connectivity index (χ0) is 25.0. The maximum Gasteiger partial charge on any atom is 0.256 e. The van der Waals surface area contributed by atoms with Gasteiger partial charge in [-0.2, -0.15) is 0 Å². The molecule has 0 aromatic heterocycles. The van der Waals surface area contributed by atoms with Gasteiger partial charge in [-0.15, -0.1) is 0 Å². The summed E-state index contributed by atoms with van der Waals surface area (Å²) in [7, 11) is 1.53. The molecule has 4 rings (SSSR count). The molecular weight excluding hydrogens is 477 g/mol. The summed E-state index contributed by atoms with van der Waals surface area (Å²) in [5, 5.41) is 3.23. The third-order valence-electron chi connectivity index (χ3n) is 6.36. The fraction of sp³-hybridized carbons (Fsp3) is 0.400. The van der Waals surface area contributed by atoms with Gasteiger partial charge >= 0.3 is 0 Å². The van der Waals surface area contributed by atoms with Crippen molar-refractivity contribution in [1.82, 2.24) is 15.1 Å². The van der Waals surface area contributed by atoms with Gasteiger partial charge < -0.3 is 19.7 Å². The van der Waals surface area contributed by atoms with E-state index in [1.54, 1.807) is 29.2 Å². The highest BCUT2D eigenvalue weighted by molar-refractivity contribution is 6.30. The monoisotopic (exact) mass is 503 g/mol. The van der Waals surface area contributed by atoms with Crippen molar-refractivity contribution in [3.63, 3.8) is 0 Å². The topological polar surface area (TPSA) is 88.2 Å². The Morgan fingerprint density at radius 2 is 1.80 bits per heavy atom. The fourth-order valence-electron chi connectivity index (χ4n) is 4.58. The first kappa shape index (κ1) is 25.1. The number of hydrogen-bond donors (Lipinski definition) is 1. The summed E-state index contributed by atoms with van der Waals surface area (Å²) < 4.78 is 25.0. The Balaban J connectivity index is 1.56. The smallest absolute Gasteiger partial charge is 0.256 e. The van der Waals surface area contributed by atoms with Crippen LogP contribution in [0, 0.1) is 5.82 Å². The number of likely N-dealkylation sites (tertiary alicyclic amines) is 1. The average molecular weight is 504 g/mol. The summed E-state index contributed by atoms with van der Waals surface area (Å²) in [6.07, 6.45) is 0.616. The number of halogens is 2. The standard InChI is InChI=1S/C25H27ClFN3O5/c1-34-13-10-28-22(31)21-16-35-25(30(21)24(33)18-5-3-7-20(27)15-18)8-11-29(12-9-25)23(32)17-4-2-6-19(26)14-17/h2-7,14-15,21H,8-13,16H2,1H3,(H,28,31). The maximum absolute atomic E-state index is 13.9. The van der Waals surface area contributed by atoms with Gasteiger partial charge in [0.25, 0.3) is 11.8 Å². The van der Waals surface area contributed by atoms with Crippen LogP contribution in [0.3, 0.4) is 0 Å². The first-order valence-corrected chi connectivity index (χ1v) is 11.8. The molecule has 0 bridgehead atoms. The van der Waals surface area contributed by atoms with Crippen LogP contribution in [0.5, 0.6) is 0 Å². The first-order chi connectivity index (χ1) is 16.8. The summed E-state index contributed by atoms with van der Waals surface area (Å²) >= 11 is 6.03. The third kappa shape index (κ3) is 5.32. The molecule has 1 spiro atoms. The van der Waals surface area contributed by atoms with Gasteiger partial charge in [0, 0.05) is 55.7 Å². The molecule has 1 unspecified atom stereocenters. The maximum atomic E-state index is 13.9. The van der Waals surface area contributed by atoms with E-state index in [9.17, 15) is 18.8 Å². The molecule has 2 aliphatic rings. The molecule has 2 aromatic rings. The van der Waals surface area contributed by atoms with Gasteiger partial charge in [0.1, 0.15) is 17.6 Å². The predicted molar refractivity (Wildman–Crippen MR) is 127 cm³/mol. The number of methoxy groups -OCH3 is 1. The Labute approximate surface area is 207 Å². The van der Waals surface area contributed by atoms with Crippen molar-refractivity contribution < 1.29 is 28.2 Å².